The molecule has 0 saturated heterocycles. The van der Waals surface area contributed by atoms with Crippen LogP contribution in [0.1, 0.15) is 55.4 Å². The van der Waals surface area contributed by atoms with Gasteiger partial charge in [0, 0.05) is 6.10 Å². The van der Waals surface area contributed by atoms with Crippen LogP contribution in [0.2, 0.25) is 0 Å². The van der Waals surface area contributed by atoms with Gasteiger partial charge in [-0.2, -0.15) is 0 Å². The fourth-order valence-corrected chi connectivity index (χ4v) is 2.23. The molecule has 0 unspecified atom stereocenters. The highest BCUT2D eigenvalue weighted by Gasteiger charge is 1.82. The third kappa shape index (κ3) is 34.1. The molecule has 1 N–H and O–H groups in total. The van der Waals surface area contributed by atoms with Crippen molar-refractivity contribution in [3.05, 3.63) is 121 Å². The van der Waals surface area contributed by atoms with Crippen LogP contribution >= 0.6 is 0 Å². The summed E-state index contributed by atoms with van der Waals surface area (Å²) in [6.45, 7) is 15.4. The Balaban J connectivity index is -0.000000208. The molecule has 0 fully saturated rings. The monoisotopic (exact) mass is 582 g/mol. The van der Waals surface area contributed by atoms with E-state index < -0.39 is 0 Å². The summed E-state index contributed by atoms with van der Waals surface area (Å²) in [5.41, 5.74) is 0. The maximum Gasteiger partial charge on any atom is 0.118 e. The fraction of sp³-hybridized carbons (Fsp3) is 0.351. The number of aliphatic hydroxyl groups excluding tert-OH is 1. The standard InChI is InChI=1S/4C7H8O.C3H8O.3C2H6/c4*1-8-7-5-3-2-4-6-7;1-3(2)4;3*1-2/h4*2-6H,1H3;3-4H,1-2H3;3*1-2H3. The molecule has 42 heavy (non-hydrogen) atoms. The molecule has 0 aliphatic carbocycles. The van der Waals surface area contributed by atoms with Crippen LogP contribution in [0.4, 0.5) is 0 Å². The molecule has 0 heterocycles. The van der Waals surface area contributed by atoms with Gasteiger partial charge in [-0.15, -0.1) is 0 Å². The summed E-state index contributed by atoms with van der Waals surface area (Å²) in [4.78, 5) is 0. The molecule has 4 rings (SSSR count). The van der Waals surface area contributed by atoms with Gasteiger partial charge in [-0.25, -0.2) is 0 Å². The number of aliphatic hydroxyl groups is 1. The minimum absolute atomic E-state index is 0.167. The van der Waals surface area contributed by atoms with E-state index in [1.807, 2.05) is 163 Å². The van der Waals surface area contributed by atoms with Crippen molar-refractivity contribution in [1.82, 2.24) is 0 Å². The lowest BCUT2D eigenvalue weighted by Gasteiger charge is -1.93. The van der Waals surface area contributed by atoms with Crippen molar-refractivity contribution in [1.29, 1.82) is 0 Å². The lowest BCUT2D eigenvalue weighted by Crippen LogP contribution is -1.85. The highest BCUT2D eigenvalue weighted by molar-refractivity contribution is 5.22. The summed E-state index contributed by atoms with van der Waals surface area (Å²) in [5.74, 6) is 3.64. The molecular weight excluding hydrogens is 524 g/mol. The maximum absolute atomic E-state index is 8.06. The summed E-state index contributed by atoms with van der Waals surface area (Å²) >= 11 is 0. The molecule has 5 nitrogen and oxygen atoms in total. The van der Waals surface area contributed by atoms with Crippen LogP contribution in [0.3, 0.4) is 0 Å². The molecule has 4 aromatic carbocycles. The van der Waals surface area contributed by atoms with Gasteiger partial charge in [-0.1, -0.05) is 114 Å². The first-order valence-electron chi connectivity index (χ1n) is 14.5. The molecule has 0 radical (unpaired) electrons. The van der Waals surface area contributed by atoms with Gasteiger partial charge in [0.25, 0.3) is 0 Å². The smallest absolute Gasteiger partial charge is 0.118 e. The first-order valence-corrected chi connectivity index (χ1v) is 14.5. The predicted octanol–water partition coefficient (Wildman–Crippen LogP) is 10.2. The highest BCUT2D eigenvalue weighted by atomic mass is 16.5. The van der Waals surface area contributed by atoms with E-state index in [1.165, 1.54) is 0 Å². The molecule has 0 amide bonds. The Hall–Kier alpha value is -3.96. The molecule has 0 bridgehead atoms. The Bertz CT molecular complexity index is 788. The Morgan fingerprint density at radius 3 is 0.548 bits per heavy atom. The van der Waals surface area contributed by atoms with E-state index in [-0.39, 0.29) is 6.10 Å². The molecule has 236 valence electrons. The van der Waals surface area contributed by atoms with Crippen molar-refractivity contribution in [3.63, 3.8) is 0 Å². The second-order valence-electron chi connectivity index (χ2n) is 7.16. The Labute approximate surface area is 258 Å². The zero-order chi connectivity index (χ0) is 32.9. The third-order valence-corrected chi connectivity index (χ3v) is 3.92. The summed E-state index contributed by atoms with van der Waals surface area (Å²) in [6, 6.07) is 38.7. The van der Waals surface area contributed by atoms with E-state index in [0.717, 1.165) is 23.0 Å². The summed E-state index contributed by atoms with van der Waals surface area (Å²) in [6.07, 6.45) is -0.167. The Kier molecular flexibility index (Phi) is 42.0. The lowest BCUT2D eigenvalue weighted by molar-refractivity contribution is 0.216. The molecule has 0 aromatic heterocycles. The van der Waals surface area contributed by atoms with Crippen molar-refractivity contribution in [2.45, 2.75) is 61.5 Å². The quantitative estimate of drug-likeness (QED) is 0.259. The normalized spacial score (nSPS) is 7.86. The summed E-state index contributed by atoms with van der Waals surface area (Å²) in [7, 11) is 6.65. The molecular formula is C37H58O5. The molecule has 0 aliphatic rings. The summed E-state index contributed by atoms with van der Waals surface area (Å²) in [5, 5.41) is 8.06. The van der Waals surface area contributed by atoms with E-state index in [0.29, 0.717) is 0 Å². The molecule has 0 atom stereocenters. The van der Waals surface area contributed by atoms with Gasteiger partial charge in [0.15, 0.2) is 0 Å². The van der Waals surface area contributed by atoms with Gasteiger partial charge in [0.1, 0.15) is 23.0 Å². The van der Waals surface area contributed by atoms with Crippen molar-refractivity contribution in [2.24, 2.45) is 0 Å². The molecule has 5 heteroatoms. The SMILES string of the molecule is CC.CC.CC.CC(C)O.COc1ccccc1.COc1ccccc1.COc1ccccc1.COc1ccccc1. The average molecular weight is 583 g/mol. The largest absolute Gasteiger partial charge is 0.497 e. The predicted molar refractivity (Wildman–Crippen MR) is 183 cm³/mol. The van der Waals surface area contributed by atoms with E-state index in [4.69, 9.17) is 24.1 Å². The van der Waals surface area contributed by atoms with Crippen LogP contribution in [0.5, 0.6) is 23.0 Å². The second-order valence-corrected chi connectivity index (χ2v) is 7.16. The van der Waals surface area contributed by atoms with Crippen molar-refractivity contribution >= 4 is 0 Å². The number of hydrogen-bond donors (Lipinski definition) is 1. The van der Waals surface area contributed by atoms with Crippen molar-refractivity contribution in [2.75, 3.05) is 28.4 Å². The first-order chi connectivity index (χ1) is 20.5. The topological polar surface area (TPSA) is 57.2 Å². The van der Waals surface area contributed by atoms with Crippen LogP contribution in [0.15, 0.2) is 121 Å². The second kappa shape index (κ2) is 39.2. The van der Waals surface area contributed by atoms with Gasteiger partial charge in [-0.3, -0.25) is 0 Å². The average Bonchev–Trinajstić information content (AvgIpc) is 3.09. The summed E-state index contributed by atoms with van der Waals surface area (Å²) < 4.78 is 19.7. The molecule has 4 aromatic rings. The highest BCUT2D eigenvalue weighted by Crippen LogP contribution is 2.07. The fourth-order valence-electron chi connectivity index (χ4n) is 2.23. The van der Waals surface area contributed by atoms with E-state index in [9.17, 15) is 0 Å². The number of para-hydroxylation sites is 4. The zero-order valence-electron chi connectivity index (χ0n) is 28.2. The van der Waals surface area contributed by atoms with Crippen LogP contribution in [0, 0.1) is 0 Å². The Morgan fingerprint density at radius 2 is 0.476 bits per heavy atom. The number of hydrogen-bond acceptors (Lipinski definition) is 5. The van der Waals surface area contributed by atoms with Crippen molar-refractivity contribution in [3.8, 4) is 23.0 Å². The minimum atomic E-state index is -0.167. The number of benzene rings is 4. The van der Waals surface area contributed by atoms with Gasteiger partial charge in [0.2, 0.25) is 0 Å². The van der Waals surface area contributed by atoms with Gasteiger partial charge >= 0.3 is 0 Å². The Morgan fingerprint density at radius 1 is 0.357 bits per heavy atom. The third-order valence-electron chi connectivity index (χ3n) is 3.92. The van der Waals surface area contributed by atoms with Crippen LogP contribution in [0.25, 0.3) is 0 Å². The molecule has 0 aliphatic heterocycles. The van der Waals surface area contributed by atoms with E-state index >= 15 is 0 Å². The number of methoxy groups -OCH3 is 4. The van der Waals surface area contributed by atoms with Gasteiger partial charge in [0.05, 0.1) is 28.4 Å². The number of ether oxygens (including phenoxy) is 4. The van der Waals surface area contributed by atoms with E-state index in [1.54, 1.807) is 42.3 Å². The lowest BCUT2D eigenvalue weighted by atomic mass is 10.3. The zero-order valence-corrected chi connectivity index (χ0v) is 28.2. The van der Waals surface area contributed by atoms with Crippen LogP contribution in [-0.4, -0.2) is 39.6 Å². The molecule has 0 saturated carbocycles. The van der Waals surface area contributed by atoms with Crippen LogP contribution in [-0.2, 0) is 0 Å². The van der Waals surface area contributed by atoms with Crippen LogP contribution < -0.4 is 18.9 Å². The van der Waals surface area contributed by atoms with E-state index in [2.05, 4.69) is 0 Å². The molecule has 0 spiro atoms. The minimum Gasteiger partial charge on any atom is -0.497 e. The maximum atomic E-state index is 8.06. The van der Waals surface area contributed by atoms with Gasteiger partial charge in [-0.05, 0) is 62.4 Å². The first kappa shape index (κ1) is 45.0. The van der Waals surface area contributed by atoms with Gasteiger partial charge < -0.3 is 24.1 Å². The van der Waals surface area contributed by atoms with Crippen molar-refractivity contribution < 1.29 is 24.1 Å². The number of rotatable bonds is 4.